The molecule has 0 saturated carbocycles. The van der Waals surface area contributed by atoms with Gasteiger partial charge in [-0.15, -0.1) is 0 Å². The highest BCUT2D eigenvalue weighted by Gasteiger charge is 2.10. The van der Waals surface area contributed by atoms with Crippen molar-refractivity contribution in [3.63, 3.8) is 0 Å². The Hall–Kier alpha value is -2.13. The van der Waals surface area contributed by atoms with Crippen molar-refractivity contribution in [2.45, 2.75) is 25.7 Å². The Morgan fingerprint density at radius 2 is 1.73 bits per heavy atom. The maximum Gasteiger partial charge on any atom is 0.338 e. The molecule has 3 nitrogen and oxygen atoms in total. The Morgan fingerprint density at radius 3 is 2.45 bits per heavy atom. The maximum absolute atomic E-state index is 11.8. The van der Waals surface area contributed by atoms with Gasteiger partial charge in [0.05, 0.1) is 12.7 Å². The van der Waals surface area contributed by atoms with Crippen molar-refractivity contribution in [3.8, 4) is 0 Å². The molecule has 2 aromatic rings. The van der Waals surface area contributed by atoms with Crippen molar-refractivity contribution in [2.24, 2.45) is 0 Å². The van der Waals surface area contributed by atoms with Crippen molar-refractivity contribution in [1.82, 2.24) is 0 Å². The van der Waals surface area contributed by atoms with Gasteiger partial charge in [-0.05, 0) is 48.4 Å². The molecule has 0 heterocycles. The molecular weight excluding hydrogens is 276 g/mol. The van der Waals surface area contributed by atoms with Gasteiger partial charge < -0.3 is 9.84 Å². The first-order valence-electron chi connectivity index (χ1n) is 7.59. The maximum atomic E-state index is 11.8. The summed E-state index contributed by atoms with van der Waals surface area (Å²) in [6.07, 6.45) is 3.35. The summed E-state index contributed by atoms with van der Waals surface area (Å²) in [6, 6.07) is 16.0. The predicted molar refractivity (Wildman–Crippen MR) is 87.0 cm³/mol. The highest BCUT2D eigenvalue weighted by atomic mass is 16.5. The summed E-state index contributed by atoms with van der Waals surface area (Å²) in [4.78, 5) is 11.8. The molecule has 0 aromatic heterocycles. The number of hydrogen-bond donors (Lipinski definition) is 1. The van der Waals surface area contributed by atoms with Crippen LogP contribution >= 0.6 is 0 Å². The van der Waals surface area contributed by atoms with E-state index in [1.54, 1.807) is 6.07 Å². The number of ether oxygens (including phenoxy) is 1. The topological polar surface area (TPSA) is 46.5 Å². The Kier molecular flexibility index (Phi) is 6.16. The number of aliphatic hydroxyl groups is 1. The Morgan fingerprint density at radius 1 is 1.00 bits per heavy atom. The second kappa shape index (κ2) is 8.35. The predicted octanol–water partition coefficient (Wildman–Crippen LogP) is 3.18. The second-order valence-corrected chi connectivity index (χ2v) is 5.30. The van der Waals surface area contributed by atoms with E-state index < -0.39 is 0 Å². The molecule has 3 heteroatoms. The van der Waals surface area contributed by atoms with Gasteiger partial charge in [0.25, 0.3) is 0 Å². The largest absolute Gasteiger partial charge is 0.465 e. The zero-order valence-electron chi connectivity index (χ0n) is 12.9. The zero-order chi connectivity index (χ0) is 15.8. The Labute approximate surface area is 131 Å². The molecular formula is C19H22O3. The SMILES string of the molecule is COC(=O)c1ccccc1CCc1cccc(CCCO)c1. The van der Waals surface area contributed by atoms with E-state index in [9.17, 15) is 4.79 Å². The number of methoxy groups -OCH3 is 1. The van der Waals surface area contributed by atoms with Crippen molar-refractivity contribution >= 4 is 5.97 Å². The quantitative estimate of drug-likeness (QED) is 0.799. The molecule has 0 radical (unpaired) electrons. The van der Waals surface area contributed by atoms with Crippen molar-refractivity contribution < 1.29 is 14.6 Å². The van der Waals surface area contributed by atoms with Crippen LogP contribution in [0.15, 0.2) is 48.5 Å². The van der Waals surface area contributed by atoms with Crippen molar-refractivity contribution in [1.29, 1.82) is 0 Å². The minimum atomic E-state index is -0.285. The lowest BCUT2D eigenvalue weighted by Crippen LogP contribution is -2.06. The highest BCUT2D eigenvalue weighted by molar-refractivity contribution is 5.90. The average molecular weight is 298 g/mol. The minimum Gasteiger partial charge on any atom is -0.465 e. The monoisotopic (exact) mass is 298 g/mol. The van der Waals surface area contributed by atoms with Gasteiger partial charge in [0, 0.05) is 6.61 Å². The molecule has 0 aliphatic heterocycles. The molecule has 0 aliphatic rings. The number of esters is 1. The van der Waals surface area contributed by atoms with E-state index in [0.717, 1.165) is 31.2 Å². The molecule has 2 aromatic carbocycles. The lowest BCUT2D eigenvalue weighted by Gasteiger charge is -2.09. The number of rotatable bonds is 7. The normalized spacial score (nSPS) is 10.5. The smallest absolute Gasteiger partial charge is 0.338 e. The molecule has 0 aliphatic carbocycles. The number of benzene rings is 2. The fourth-order valence-electron chi connectivity index (χ4n) is 2.55. The molecule has 0 saturated heterocycles. The van der Waals surface area contributed by atoms with Gasteiger partial charge in [0.1, 0.15) is 0 Å². The first kappa shape index (κ1) is 16.2. The van der Waals surface area contributed by atoms with Gasteiger partial charge in [-0.1, -0.05) is 42.5 Å². The summed E-state index contributed by atoms with van der Waals surface area (Å²) in [6.45, 7) is 0.219. The van der Waals surface area contributed by atoms with E-state index in [0.29, 0.717) is 5.56 Å². The van der Waals surface area contributed by atoms with E-state index in [4.69, 9.17) is 9.84 Å². The number of carbonyl (C=O) groups excluding carboxylic acids is 1. The minimum absolute atomic E-state index is 0.219. The van der Waals surface area contributed by atoms with E-state index in [-0.39, 0.29) is 12.6 Å². The van der Waals surface area contributed by atoms with Crippen LogP contribution in [-0.2, 0) is 24.0 Å². The summed E-state index contributed by atoms with van der Waals surface area (Å²) in [5, 5.41) is 8.91. The summed E-state index contributed by atoms with van der Waals surface area (Å²) in [7, 11) is 1.41. The van der Waals surface area contributed by atoms with Crippen LogP contribution in [0.1, 0.15) is 33.5 Å². The van der Waals surface area contributed by atoms with Gasteiger partial charge in [-0.3, -0.25) is 0 Å². The van der Waals surface area contributed by atoms with Crippen molar-refractivity contribution in [2.75, 3.05) is 13.7 Å². The lowest BCUT2D eigenvalue weighted by molar-refractivity contribution is 0.0599. The molecule has 22 heavy (non-hydrogen) atoms. The molecule has 116 valence electrons. The molecule has 0 bridgehead atoms. The third kappa shape index (κ3) is 4.43. The molecule has 0 fully saturated rings. The van der Waals surface area contributed by atoms with Gasteiger partial charge in [-0.25, -0.2) is 4.79 Å². The van der Waals surface area contributed by atoms with Gasteiger partial charge in [0.15, 0.2) is 0 Å². The first-order valence-corrected chi connectivity index (χ1v) is 7.59. The highest BCUT2D eigenvalue weighted by Crippen LogP contribution is 2.15. The fraction of sp³-hybridized carbons (Fsp3) is 0.316. The average Bonchev–Trinajstić information content (AvgIpc) is 2.58. The van der Waals surface area contributed by atoms with Crippen LogP contribution in [0, 0.1) is 0 Å². The van der Waals surface area contributed by atoms with Gasteiger partial charge in [0.2, 0.25) is 0 Å². The standard InChI is InChI=1S/C19H22O3/c1-22-19(21)18-10-3-2-9-17(18)12-11-16-7-4-6-15(14-16)8-5-13-20/h2-4,6-7,9-10,14,20H,5,8,11-13H2,1H3. The number of aryl methyl sites for hydroxylation is 3. The molecule has 0 amide bonds. The fourth-order valence-corrected chi connectivity index (χ4v) is 2.55. The van der Waals surface area contributed by atoms with E-state index >= 15 is 0 Å². The Bertz CT molecular complexity index is 620. The summed E-state index contributed by atoms with van der Waals surface area (Å²) in [5.74, 6) is -0.285. The van der Waals surface area contributed by atoms with Crippen LogP contribution in [0.4, 0.5) is 0 Å². The van der Waals surface area contributed by atoms with E-state index in [1.165, 1.54) is 18.2 Å². The lowest BCUT2D eigenvalue weighted by atomic mass is 9.98. The van der Waals surface area contributed by atoms with Crippen molar-refractivity contribution in [3.05, 3.63) is 70.8 Å². The molecule has 0 unspecified atom stereocenters. The molecule has 0 atom stereocenters. The van der Waals surface area contributed by atoms with E-state index in [2.05, 4.69) is 18.2 Å². The zero-order valence-corrected chi connectivity index (χ0v) is 12.9. The first-order chi connectivity index (χ1) is 10.7. The van der Waals surface area contributed by atoms with Crippen LogP contribution in [-0.4, -0.2) is 24.8 Å². The van der Waals surface area contributed by atoms with Crippen LogP contribution < -0.4 is 0 Å². The van der Waals surface area contributed by atoms with Crippen LogP contribution in [0.5, 0.6) is 0 Å². The number of hydrogen-bond acceptors (Lipinski definition) is 3. The second-order valence-electron chi connectivity index (χ2n) is 5.30. The molecule has 1 N–H and O–H groups in total. The van der Waals surface area contributed by atoms with Gasteiger partial charge in [-0.2, -0.15) is 0 Å². The van der Waals surface area contributed by atoms with Crippen LogP contribution in [0.2, 0.25) is 0 Å². The number of aliphatic hydroxyl groups excluding tert-OH is 1. The summed E-state index contributed by atoms with van der Waals surface area (Å²) >= 11 is 0. The van der Waals surface area contributed by atoms with Gasteiger partial charge >= 0.3 is 5.97 Å². The third-order valence-electron chi connectivity index (χ3n) is 3.72. The van der Waals surface area contributed by atoms with Crippen LogP contribution in [0.3, 0.4) is 0 Å². The summed E-state index contributed by atoms with van der Waals surface area (Å²) in [5.41, 5.74) is 4.14. The third-order valence-corrected chi connectivity index (χ3v) is 3.72. The summed E-state index contributed by atoms with van der Waals surface area (Å²) < 4.78 is 4.83. The molecule has 2 rings (SSSR count). The Balaban J connectivity index is 2.06. The molecule has 0 spiro atoms. The van der Waals surface area contributed by atoms with Crippen LogP contribution in [0.25, 0.3) is 0 Å². The number of carbonyl (C=O) groups is 1. The van der Waals surface area contributed by atoms with E-state index in [1.807, 2.05) is 24.3 Å².